The molecule has 0 aliphatic rings. The van der Waals surface area contributed by atoms with E-state index in [2.05, 4.69) is 53.8 Å². The molecule has 0 atom stereocenters. The number of aromatic nitrogens is 1. The van der Waals surface area contributed by atoms with Crippen molar-refractivity contribution in [3.63, 3.8) is 0 Å². The summed E-state index contributed by atoms with van der Waals surface area (Å²) in [5.74, 6) is 0. The van der Waals surface area contributed by atoms with E-state index in [0.717, 1.165) is 19.4 Å². The third kappa shape index (κ3) is 4.69. The summed E-state index contributed by atoms with van der Waals surface area (Å²) in [6.45, 7) is 16.5. The lowest BCUT2D eigenvalue weighted by molar-refractivity contribution is 0.425. The fourth-order valence-corrected chi connectivity index (χ4v) is 2.73. The molecule has 1 aromatic heterocycles. The van der Waals surface area contributed by atoms with Crippen molar-refractivity contribution >= 4 is 11.3 Å². The van der Waals surface area contributed by atoms with Crippen LogP contribution in [0.2, 0.25) is 0 Å². The third-order valence-electron chi connectivity index (χ3n) is 2.69. The van der Waals surface area contributed by atoms with Gasteiger partial charge in [0, 0.05) is 22.4 Å². The van der Waals surface area contributed by atoms with Crippen LogP contribution in [0.3, 0.4) is 0 Å². The molecule has 0 aromatic carbocycles. The van der Waals surface area contributed by atoms with Crippen molar-refractivity contribution in [1.29, 1.82) is 0 Å². The van der Waals surface area contributed by atoms with Crippen molar-refractivity contribution in [2.45, 2.75) is 78.8 Å². The number of thiazole rings is 1. The maximum atomic E-state index is 4.85. The van der Waals surface area contributed by atoms with Gasteiger partial charge in [0.05, 0.1) is 10.7 Å². The van der Waals surface area contributed by atoms with Crippen molar-refractivity contribution < 1.29 is 0 Å². The summed E-state index contributed by atoms with van der Waals surface area (Å²) in [5.41, 5.74) is 1.62. The zero-order valence-corrected chi connectivity index (χ0v) is 13.8. The van der Waals surface area contributed by atoms with Gasteiger partial charge in [0.15, 0.2) is 0 Å². The Hall–Kier alpha value is -0.410. The molecule has 0 aliphatic carbocycles. The molecule has 2 nitrogen and oxygen atoms in total. The van der Waals surface area contributed by atoms with Crippen LogP contribution in [0, 0.1) is 0 Å². The van der Waals surface area contributed by atoms with Gasteiger partial charge in [-0.3, -0.25) is 0 Å². The number of nitrogens with zero attached hydrogens (tertiary/aromatic N) is 1. The molecule has 1 N–H and O–H groups in total. The van der Waals surface area contributed by atoms with Crippen LogP contribution in [-0.4, -0.2) is 10.5 Å². The highest BCUT2D eigenvalue weighted by Crippen LogP contribution is 2.30. The van der Waals surface area contributed by atoms with Crippen molar-refractivity contribution in [1.82, 2.24) is 10.3 Å². The first-order valence-electron chi connectivity index (χ1n) is 6.87. The lowest BCUT2D eigenvalue weighted by atomic mass is 9.98. The second-order valence-corrected chi connectivity index (χ2v) is 8.08. The maximum Gasteiger partial charge on any atom is 0.0985 e. The SMILES string of the molecule is CCCc1nc(C(C)(C)C)sc1CNC(C)(C)C. The molecule has 0 bridgehead atoms. The molecule has 0 fully saturated rings. The molecule has 1 rings (SSSR count). The first-order valence-corrected chi connectivity index (χ1v) is 7.69. The van der Waals surface area contributed by atoms with E-state index < -0.39 is 0 Å². The minimum absolute atomic E-state index is 0.160. The Morgan fingerprint density at radius 2 is 1.72 bits per heavy atom. The molecular weight excluding hydrogens is 240 g/mol. The summed E-state index contributed by atoms with van der Waals surface area (Å²) in [7, 11) is 0. The number of hydrogen-bond donors (Lipinski definition) is 1. The van der Waals surface area contributed by atoms with Gasteiger partial charge >= 0.3 is 0 Å². The molecule has 18 heavy (non-hydrogen) atoms. The molecule has 0 amide bonds. The van der Waals surface area contributed by atoms with E-state index in [9.17, 15) is 0 Å². The molecule has 1 aromatic rings. The summed E-state index contributed by atoms with van der Waals surface area (Å²) >= 11 is 1.87. The average molecular weight is 268 g/mol. The lowest BCUT2D eigenvalue weighted by Gasteiger charge is -2.20. The fraction of sp³-hybridized carbons (Fsp3) is 0.800. The quantitative estimate of drug-likeness (QED) is 0.881. The summed E-state index contributed by atoms with van der Waals surface area (Å²) in [4.78, 5) is 6.26. The van der Waals surface area contributed by atoms with Crippen LogP contribution in [-0.2, 0) is 18.4 Å². The van der Waals surface area contributed by atoms with Gasteiger partial charge in [0.2, 0.25) is 0 Å². The Labute approximate surface area is 116 Å². The fourth-order valence-electron chi connectivity index (χ4n) is 1.62. The Balaban J connectivity index is 2.91. The Morgan fingerprint density at radius 3 is 2.17 bits per heavy atom. The van der Waals surface area contributed by atoms with Gasteiger partial charge in [-0.1, -0.05) is 34.1 Å². The standard InChI is InChI=1S/C15H28N2S/c1-8-9-11-12(10-16-15(5,6)7)18-13(17-11)14(2,3)4/h16H,8-10H2,1-7H3. The molecule has 1 heterocycles. The monoisotopic (exact) mass is 268 g/mol. The number of hydrogen-bond acceptors (Lipinski definition) is 3. The molecule has 0 radical (unpaired) electrons. The highest BCUT2D eigenvalue weighted by Gasteiger charge is 2.21. The highest BCUT2D eigenvalue weighted by molar-refractivity contribution is 7.11. The van der Waals surface area contributed by atoms with Gasteiger partial charge in [-0.2, -0.15) is 0 Å². The average Bonchev–Trinajstić information content (AvgIpc) is 2.57. The van der Waals surface area contributed by atoms with Crippen LogP contribution in [0.4, 0.5) is 0 Å². The molecular formula is C15H28N2S. The van der Waals surface area contributed by atoms with Crippen LogP contribution < -0.4 is 5.32 Å². The zero-order valence-electron chi connectivity index (χ0n) is 13.0. The zero-order chi connectivity index (χ0) is 14.0. The van der Waals surface area contributed by atoms with Crippen LogP contribution >= 0.6 is 11.3 Å². The van der Waals surface area contributed by atoms with Gasteiger partial charge < -0.3 is 5.32 Å². The molecule has 0 spiro atoms. The van der Waals surface area contributed by atoms with Crippen molar-refractivity contribution in [2.24, 2.45) is 0 Å². The number of rotatable bonds is 4. The van der Waals surface area contributed by atoms with E-state index in [1.165, 1.54) is 15.6 Å². The van der Waals surface area contributed by atoms with Gasteiger partial charge in [0.1, 0.15) is 0 Å². The largest absolute Gasteiger partial charge is 0.307 e. The number of aryl methyl sites for hydroxylation is 1. The molecule has 3 heteroatoms. The molecule has 0 aliphatic heterocycles. The van der Waals surface area contributed by atoms with Crippen LogP contribution in [0.25, 0.3) is 0 Å². The first-order chi connectivity index (χ1) is 8.13. The maximum absolute atomic E-state index is 4.85. The van der Waals surface area contributed by atoms with Gasteiger partial charge in [0.25, 0.3) is 0 Å². The van der Waals surface area contributed by atoms with Crippen LogP contribution in [0.15, 0.2) is 0 Å². The summed E-state index contributed by atoms with van der Waals surface area (Å²) < 4.78 is 0. The Kier molecular flexibility index (Phi) is 4.96. The number of nitrogens with one attached hydrogen (secondary N) is 1. The van der Waals surface area contributed by atoms with Crippen LogP contribution in [0.1, 0.15) is 70.5 Å². The second kappa shape index (κ2) is 5.70. The van der Waals surface area contributed by atoms with E-state index in [-0.39, 0.29) is 11.0 Å². The third-order valence-corrected chi connectivity index (χ3v) is 4.21. The van der Waals surface area contributed by atoms with Crippen molar-refractivity contribution in [3.8, 4) is 0 Å². The Morgan fingerprint density at radius 1 is 1.11 bits per heavy atom. The minimum Gasteiger partial charge on any atom is -0.307 e. The molecule has 0 unspecified atom stereocenters. The predicted octanol–water partition coefficient (Wildman–Crippen LogP) is 4.28. The van der Waals surface area contributed by atoms with E-state index in [0.29, 0.717) is 0 Å². The summed E-state index contributed by atoms with van der Waals surface area (Å²) in [6.07, 6.45) is 2.25. The smallest absolute Gasteiger partial charge is 0.0985 e. The molecule has 0 saturated carbocycles. The minimum atomic E-state index is 0.160. The van der Waals surface area contributed by atoms with E-state index in [4.69, 9.17) is 4.98 Å². The van der Waals surface area contributed by atoms with Gasteiger partial charge in [-0.25, -0.2) is 4.98 Å². The van der Waals surface area contributed by atoms with Crippen molar-refractivity contribution in [3.05, 3.63) is 15.6 Å². The van der Waals surface area contributed by atoms with Crippen LogP contribution in [0.5, 0.6) is 0 Å². The van der Waals surface area contributed by atoms with E-state index in [1.807, 2.05) is 11.3 Å². The van der Waals surface area contributed by atoms with Gasteiger partial charge in [-0.05, 0) is 27.2 Å². The predicted molar refractivity (Wildman–Crippen MR) is 81.4 cm³/mol. The van der Waals surface area contributed by atoms with E-state index in [1.54, 1.807) is 0 Å². The molecule has 104 valence electrons. The topological polar surface area (TPSA) is 24.9 Å². The highest BCUT2D eigenvalue weighted by atomic mass is 32.1. The summed E-state index contributed by atoms with van der Waals surface area (Å²) in [6, 6.07) is 0. The normalized spacial score (nSPS) is 13.1. The van der Waals surface area contributed by atoms with Crippen molar-refractivity contribution in [2.75, 3.05) is 0 Å². The second-order valence-electron chi connectivity index (χ2n) is 6.99. The Bertz CT molecular complexity index is 380. The van der Waals surface area contributed by atoms with E-state index >= 15 is 0 Å². The molecule has 0 saturated heterocycles. The lowest BCUT2D eigenvalue weighted by Crippen LogP contribution is -2.35. The van der Waals surface area contributed by atoms with Gasteiger partial charge in [-0.15, -0.1) is 11.3 Å². The first kappa shape index (κ1) is 15.6. The summed E-state index contributed by atoms with van der Waals surface area (Å²) in [5, 5.41) is 4.83.